The quantitative estimate of drug-likeness (QED) is 0.0463. The van der Waals surface area contributed by atoms with E-state index in [1.807, 2.05) is 0 Å². The molecular formula is C39H75NO5. The Morgan fingerprint density at radius 2 is 1.38 bits per heavy atom. The van der Waals surface area contributed by atoms with Gasteiger partial charge >= 0.3 is 6.16 Å². The summed E-state index contributed by atoms with van der Waals surface area (Å²) >= 11 is 0. The predicted molar refractivity (Wildman–Crippen MR) is 190 cm³/mol. The van der Waals surface area contributed by atoms with E-state index < -0.39 is 6.16 Å². The van der Waals surface area contributed by atoms with Crippen LogP contribution in [0.3, 0.4) is 0 Å². The van der Waals surface area contributed by atoms with E-state index in [1.165, 1.54) is 109 Å². The molecular weight excluding hydrogens is 562 g/mol. The molecule has 1 rings (SSSR count). The maximum atomic E-state index is 11.2. The summed E-state index contributed by atoms with van der Waals surface area (Å²) in [5, 5.41) is 9.20. The number of carbonyl (C=O) groups is 1. The molecule has 1 N–H and O–H groups in total. The molecule has 45 heavy (non-hydrogen) atoms. The third kappa shape index (κ3) is 26.6. The van der Waals surface area contributed by atoms with Crippen molar-refractivity contribution in [1.82, 2.24) is 4.90 Å². The van der Waals surface area contributed by atoms with Crippen molar-refractivity contribution in [3.05, 3.63) is 12.2 Å². The Morgan fingerprint density at radius 1 is 0.778 bits per heavy atom. The van der Waals surface area contributed by atoms with Crippen molar-refractivity contribution in [2.75, 3.05) is 27.2 Å². The van der Waals surface area contributed by atoms with Gasteiger partial charge in [0.15, 0.2) is 6.29 Å². The lowest BCUT2D eigenvalue weighted by Gasteiger charge is -2.27. The van der Waals surface area contributed by atoms with Crippen LogP contribution in [0.4, 0.5) is 4.79 Å². The summed E-state index contributed by atoms with van der Waals surface area (Å²) in [7, 11) is 4.32. The summed E-state index contributed by atoms with van der Waals surface area (Å²) in [5.41, 5.74) is 0. The van der Waals surface area contributed by atoms with Gasteiger partial charge in [0, 0.05) is 6.61 Å². The van der Waals surface area contributed by atoms with Crippen molar-refractivity contribution in [3.8, 4) is 0 Å². The highest BCUT2D eigenvalue weighted by atomic mass is 16.7. The normalized spacial score (nSPS) is 17.6. The zero-order chi connectivity index (χ0) is 32.8. The van der Waals surface area contributed by atoms with Crippen LogP contribution in [0, 0.1) is 5.92 Å². The Morgan fingerprint density at radius 3 is 1.98 bits per heavy atom. The average molecular weight is 638 g/mol. The number of unbranched alkanes of at least 4 members (excludes halogenated alkanes) is 12. The second kappa shape index (κ2) is 30.2. The first-order valence-corrected chi connectivity index (χ1v) is 19.4. The molecule has 0 aromatic heterocycles. The first kappa shape index (κ1) is 41.9. The van der Waals surface area contributed by atoms with Crippen molar-refractivity contribution < 1.29 is 24.1 Å². The van der Waals surface area contributed by atoms with Crippen molar-refractivity contribution in [2.45, 2.75) is 199 Å². The van der Waals surface area contributed by atoms with Gasteiger partial charge in [0.1, 0.15) is 6.10 Å². The van der Waals surface area contributed by atoms with Crippen LogP contribution in [0.5, 0.6) is 0 Å². The molecule has 6 heteroatoms. The summed E-state index contributed by atoms with van der Waals surface area (Å²) < 4.78 is 17.4. The van der Waals surface area contributed by atoms with E-state index in [0.29, 0.717) is 0 Å². The molecule has 3 unspecified atom stereocenters. The maximum absolute atomic E-state index is 11.2. The SMILES string of the molecule is CCCCCC[C@H](C/C=C\CCCCCCCC(CCCCCCCC(CC)CCCN(C)C)OC(=O)O)OC1CCCCO1. The molecule has 4 atom stereocenters. The molecule has 1 heterocycles. The van der Waals surface area contributed by atoms with Crippen LogP contribution in [0.1, 0.15) is 181 Å². The molecule has 1 aliphatic rings. The van der Waals surface area contributed by atoms with E-state index in [2.05, 4.69) is 45.0 Å². The van der Waals surface area contributed by atoms with Crippen LogP contribution in [0.15, 0.2) is 12.2 Å². The summed E-state index contributed by atoms with van der Waals surface area (Å²) in [4.78, 5) is 13.5. The van der Waals surface area contributed by atoms with Gasteiger partial charge in [-0.05, 0) is 110 Å². The van der Waals surface area contributed by atoms with Gasteiger partial charge in [-0.3, -0.25) is 0 Å². The van der Waals surface area contributed by atoms with E-state index in [9.17, 15) is 9.90 Å². The van der Waals surface area contributed by atoms with Crippen molar-refractivity contribution in [2.24, 2.45) is 5.92 Å². The standard InChI is InChI=1S/C39H75NO5/c1-5-7-8-19-28-36(44-38-32-23-24-34-43-38)29-20-15-11-9-10-12-16-21-30-37(45-39(41)42)31-22-17-13-14-18-26-35(6-2)27-25-33-40(3)4/h15,20,35-38H,5-14,16-19,21-34H2,1-4H3,(H,41,42)/b20-15-/t35?,36-,37?,38?/m1/s1. The molecule has 0 spiro atoms. The first-order chi connectivity index (χ1) is 21.9. The second-order valence-corrected chi connectivity index (χ2v) is 14.0. The highest BCUT2D eigenvalue weighted by Gasteiger charge is 2.19. The summed E-state index contributed by atoms with van der Waals surface area (Å²) in [6.07, 6.45) is 34.6. The Kier molecular flexibility index (Phi) is 28.2. The first-order valence-electron chi connectivity index (χ1n) is 19.4. The fraction of sp³-hybridized carbons (Fsp3) is 0.923. The highest BCUT2D eigenvalue weighted by molar-refractivity contribution is 5.57. The monoisotopic (exact) mass is 638 g/mol. The maximum Gasteiger partial charge on any atom is 0.506 e. The van der Waals surface area contributed by atoms with E-state index in [1.54, 1.807) is 0 Å². The van der Waals surface area contributed by atoms with Gasteiger partial charge in [-0.1, -0.05) is 109 Å². The minimum atomic E-state index is -1.12. The van der Waals surface area contributed by atoms with Gasteiger partial charge in [0.2, 0.25) is 0 Å². The van der Waals surface area contributed by atoms with Gasteiger partial charge in [0.25, 0.3) is 0 Å². The molecule has 0 aliphatic carbocycles. The molecule has 0 saturated carbocycles. The second-order valence-electron chi connectivity index (χ2n) is 14.0. The lowest BCUT2D eigenvalue weighted by atomic mass is 9.93. The molecule has 1 aliphatic heterocycles. The molecule has 0 radical (unpaired) electrons. The van der Waals surface area contributed by atoms with Gasteiger partial charge in [0.05, 0.1) is 6.10 Å². The molecule has 266 valence electrons. The molecule has 0 bridgehead atoms. The number of nitrogens with zero attached hydrogens (tertiary/aromatic N) is 1. The van der Waals surface area contributed by atoms with E-state index >= 15 is 0 Å². The van der Waals surface area contributed by atoms with Crippen molar-refractivity contribution >= 4 is 6.16 Å². The molecule has 0 aromatic rings. The van der Waals surface area contributed by atoms with Gasteiger partial charge in [-0.15, -0.1) is 0 Å². The van der Waals surface area contributed by atoms with Crippen molar-refractivity contribution in [1.29, 1.82) is 0 Å². The van der Waals surface area contributed by atoms with Crippen LogP contribution in [-0.2, 0) is 14.2 Å². The molecule has 1 saturated heterocycles. The van der Waals surface area contributed by atoms with E-state index in [-0.39, 0.29) is 18.5 Å². The smallest absolute Gasteiger partial charge is 0.450 e. The van der Waals surface area contributed by atoms with Crippen LogP contribution >= 0.6 is 0 Å². The Bertz CT molecular complexity index is 678. The van der Waals surface area contributed by atoms with E-state index in [0.717, 1.165) is 76.7 Å². The van der Waals surface area contributed by atoms with E-state index in [4.69, 9.17) is 14.2 Å². The lowest BCUT2D eigenvalue weighted by Crippen LogP contribution is -2.27. The van der Waals surface area contributed by atoms with Crippen LogP contribution in [0.2, 0.25) is 0 Å². The zero-order valence-corrected chi connectivity index (χ0v) is 30.3. The Balaban J connectivity index is 2.12. The Hall–Kier alpha value is -1.11. The van der Waals surface area contributed by atoms with Gasteiger partial charge in [-0.25, -0.2) is 4.79 Å². The van der Waals surface area contributed by atoms with Gasteiger partial charge in [-0.2, -0.15) is 0 Å². The predicted octanol–water partition coefficient (Wildman–Crippen LogP) is 11.7. The number of carboxylic acid groups (broad SMARTS) is 1. The molecule has 6 nitrogen and oxygen atoms in total. The third-order valence-electron chi connectivity index (χ3n) is 9.53. The largest absolute Gasteiger partial charge is 0.506 e. The summed E-state index contributed by atoms with van der Waals surface area (Å²) in [6.45, 7) is 6.63. The Labute approximate surface area is 279 Å². The number of allylic oxidation sites excluding steroid dienone is 1. The number of hydrogen-bond acceptors (Lipinski definition) is 5. The minimum absolute atomic E-state index is 0.000493. The summed E-state index contributed by atoms with van der Waals surface area (Å²) in [6, 6.07) is 0. The van der Waals surface area contributed by atoms with Crippen LogP contribution < -0.4 is 0 Å². The van der Waals surface area contributed by atoms with Crippen LogP contribution in [0.25, 0.3) is 0 Å². The zero-order valence-electron chi connectivity index (χ0n) is 30.3. The third-order valence-corrected chi connectivity index (χ3v) is 9.53. The highest BCUT2D eigenvalue weighted by Crippen LogP contribution is 2.22. The molecule has 0 aromatic carbocycles. The number of hydrogen-bond donors (Lipinski definition) is 1. The molecule has 0 amide bonds. The lowest BCUT2D eigenvalue weighted by molar-refractivity contribution is -0.188. The minimum Gasteiger partial charge on any atom is -0.450 e. The van der Waals surface area contributed by atoms with Crippen LogP contribution in [-0.4, -0.2) is 61.9 Å². The van der Waals surface area contributed by atoms with Crippen molar-refractivity contribution in [3.63, 3.8) is 0 Å². The fourth-order valence-electron chi connectivity index (χ4n) is 6.59. The number of ether oxygens (including phenoxy) is 3. The average Bonchev–Trinajstić information content (AvgIpc) is 3.02. The topological polar surface area (TPSA) is 68.2 Å². The summed E-state index contributed by atoms with van der Waals surface area (Å²) in [5.74, 6) is 0.874. The molecule has 1 fully saturated rings. The van der Waals surface area contributed by atoms with Gasteiger partial charge < -0.3 is 24.2 Å². The fourth-order valence-corrected chi connectivity index (χ4v) is 6.59. The number of rotatable bonds is 31.